The number of thiophene rings is 1. The lowest BCUT2D eigenvalue weighted by molar-refractivity contribution is -0.114. The Kier molecular flexibility index (Phi) is 4.57. The van der Waals surface area contributed by atoms with Crippen LogP contribution in [0.15, 0.2) is 29.8 Å². The van der Waals surface area contributed by atoms with Crippen LogP contribution in [0.3, 0.4) is 0 Å². The summed E-state index contributed by atoms with van der Waals surface area (Å²) in [5.41, 5.74) is 1.82. The number of rotatable bonds is 5. The molecule has 2 N–H and O–H groups in total. The molecule has 1 amide bonds. The molecule has 0 radical (unpaired) electrons. The smallest absolute Gasteiger partial charge is 0.221 e. The van der Waals surface area contributed by atoms with Crippen molar-refractivity contribution in [2.45, 2.75) is 13.5 Å². The second kappa shape index (κ2) is 6.38. The zero-order valence-electron chi connectivity index (χ0n) is 11.8. The Morgan fingerprint density at radius 1 is 1.35 bits per heavy atom. The van der Waals surface area contributed by atoms with Crippen LogP contribution in [-0.4, -0.2) is 25.0 Å². The molecule has 5 nitrogen and oxygen atoms in total. The van der Waals surface area contributed by atoms with E-state index in [2.05, 4.69) is 15.6 Å². The molecule has 20 heavy (non-hydrogen) atoms. The maximum Gasteiger partial charge on any atom is 0.221 e. The molecule has 6 heteroatoms. The van der Waals surface area contributed by atoms with Crippen LogP contribution in [0.1, 0.15) is 11.8 Å². The van der Waals surface area contributed by atoms with Crippen LogP contribution < -0.4 is 15.5 Å². The Morgan fingerprint density at radius 2 is 2.15 bits per heavy atom. The minimum absolute atomic E-state index is 0.0540. The Labute approximate surface area is 122 Å². The summed E-state index contributed by atoms with van der Waals surface area (Å²) < 4.78 is 0. The normalized spacial score (nSPS) is 10.2. The number of carbonyl (C=O) groups is 1. The van der Waals surface area contributed by atoms with E-state index in [1.54, 1.807) is 17.5 Å². The highest BCUT2D eigenvalue weighted by Gasteiger charge is 2.05. The largest absolute Gasteiger partial charge is 0.379 e. The van der Waals surface area contributed by atoms with Crippen molar-refractivity contribution in [2.24, 2.45) is 0 Å². The second-order valence-electron chi connectivity index (χ2n) is 4.59. The SMILES string of the molecule is CC(=O)Nc1ccsc1CNc1ccc(N(C)C)nc1. The Morgan fingerprint density at radius 3 is 2.75 bits per heavy atom. The first-order valence-corrected chi connectivity index (χ1v) is 7.15. The lowest BCUT2D eigenvalue weighted by Crippen LogP contribution is -2.10. The maximum atomic E-state index is 11.1. The standard InChI is InChI=1S/C14H18N4OS/c1-10(19)17-12-6-7-20-13(12)9-15-11-4-5-14(16-8-11)18(2)3/h4-8,15H,9H2,1-3H3,(H,17,19). The van der Waals surface area contributed by atoms with Gasteiger partial charge in [0, 0.05) is 25.9 Å². The van der Waals surface area contributed by atoms with Crippen LogP contribution in [0, 0.1) is 0 Å². The van der Waals surface area contributed by atoms with E-state index < -0.39 is 0 Å². The van der Waals surface area contributed by atoms with Gasteiger partial charge in [-0.25, -0.2) is 4.98 Å². The maximum absolute atomic E-state index is 11.1. The van der Waals surface area contributed by atoms with Gasteiger partial charge >= 0.3 is 0 Å². The number of aromatic nitrogens is 1. The van der Waals surface area contributed by atoms with Gasteiger partial charge in [0.2, 0.25) is 5.91 Å². The third kappa shape index (κ3) is 3.71. The van der Waals surface area contributed by atoms with E-state index in [1.165, 1.54) is 6.92 Å². The van der Waals surface area contributed by atoms with Crippen LogP contribution in [0.2, 0.25) is 0 Å². The van der Waals surface area contributed by atoms with E-state index in [-0.39, 0.29) is 5.91 Å². The summed E-state index contributed by atoms with van der Waals surface area (Å²) in [4.78, 5) is 18.5. The van der Waals surface area contributed by atoms with Crippen molar-refractivity contribution in [2.75, 3.05) is 29.6 Å². The summed E-state index contributed by atoms with van der Waals surface area (Å²) in [6.45, 7) is 2.18. The van der Waals surface area contributed by atoms with E-state index >= 15 is 0 Å². The zero-order valence-corrected chi connectivity index (χ0v) is 12.6. The molecule has 0 unspecified atom stereocenters. The van der Waals surface area contributed by atoms with Crippen LogP contribution in [-0.2, 0) is 11.3 Å². The van der Waals surface area contributed by atoms with E-state index in [0.717, 1.165) is 22.1 Å². The van der Waals surface area contributed by atoms with Crippen molar-refractivity contribution < 1.29 is 4.79 Å². The molecule has 2 rings (SSSR count). The number of pyridine rings is 1. The molecule has 0 aromatic carbocycles. The molecule has 0 aliphatic carbocycles. The number of hydrogen-bond acceptors (Lipinski definition) is 5. The monoisotopic (exact) mass is 290 g/mol. The number of carbonyl (C=O) groups excluding carboxylic acids is 1. The first-order valence-electron chi connectivity index (χ1n) is 6.27. The Bertz CT molecular complexity index is 577. The average Bonchev–Trinajstić information content (AvgIpc) is 2.83. The molecule has 0 spiro atoms. The van der Waals surface area contributed by atoms with Gasteiger partial charge in [0.25, 0.3) is 0 Å². The van der Waals surface area contributed by atoms with Crippen LogP contribution in [0.25, 0.3) is 0 Å². The highest BCUT2D eigenvalue weighted by atomic mass is 32.1. The molecule has 0 bridgehead atoms. The van der Waals surface area contributed by atoms with Crippen molar-refractivity contribution in [3.05, 3.63) is 34.7 Å². The first kappa shape index (κ1) is 14.3. The van der Waals surface area contributed by atoms with Crippen molar-refractivity contribution in [3.8, 4) is 0 Å². The van der Waals surface area contributed by atoms with Crippen molar-refractivity contribution >= 4 is 34.4 Å². The van der Waals surface area contributed by atoms with Gasteiger partial charge in [0.15, 0.2) is 0 Å². The molecular weight excluding hydrogens is 272 g/mol. The van der Waals surface area contributed by atoms with E-state index in [1.807, 2.05) is 42.6 Å². The Balaban J connectivity index is 1.98. The van der Waals surface area contributed by atoms with Gasteiger partial charge in [0.05, 0.1) is 24.1 Å². The van der Waals surface area contributed by atoms with E-state index in [9.17, 15) is 4.79 Å². The van der Waals surface area contributed by atoms with E-state index in [4.69, 9.17) is 0 Å². The van der Waals surface area contributed by atoms with Crippen molar-refractivity contribution in [1.29, 1.82) is 0 Å². The fourth-order valence-corrected chi connectivity index (χ4v) is 2.49. The van der Waals surface area contributed by atoms with Crippen LogP contribution in [0.5, 0.6) is 0 Å². The predicted molar refractivity (Wildman–Crippen MR) is 84.5 cm³/mol. The van der Waals surface area contributed by atoms with Gasteiger partial charge in [-0.2, -0.15) is 0 Å². The van der Waals surface area contributed by atoms with Gasteiger partial charge in [-0.05, 0) is 23.6 Å². The summed E-state index contributed by atoms with van der Waals surface area (Å²) >= 11 is 1.61. The highest BCUT2D eigenvalue weighted by molar-refractivity contribution is 7.10. The predicted octanol–water partition coefficient (Wildman–Crippen LogP) is 2.78. The minimum Gasteiger partial charge on any atom is -0.379 e. The van der Waals surface area contributed by atoms with Crippen LogP contribution in [0.4, 0.5) is 17.2 Å². The molecular formula is C14H18N4OS. The zero-order chi connectivity index (χ0) is 14.5. The first-order chi connectivity index (χ1) is 9.56. The Hall–Kier alpha value is -2.08. The van der Waals surface area contributed by atoms with Crippen LogP contribution >= 0.6 is 11.3 Å². The summed E-state index contributed by atoms with van der Waals surface area (Å²) in [7, 11) is 3.92. The quantitative estimate of drug-likeness (QED) is 0.889. The van der Waals surface area contributed by atoms with Gasteiger partial charge in [-0.3, -0.25) is 4.79 Å². The van der Waals surface area contributed by atoms with Gasteiger partial charge in [-0.1, -0.05) is 0 Å². The number of hydrogen-bond donors (Lipinski definition) is 2. The minimum atomic E-state index is -0.0540. The third-order valence-electron chi connectivity index (χ3n) is 2.72. The fourth-order valence-electron chi connectivity index (χ4n) is 1.72. The molecule has 106 valence electrons. The molecule has 0 saturated carbocycles. The number of amides is 1. The summed E-state index contributed by atoms with van der Waals surface area (Å²) in [6, 6.07) is 5.87. The number of nitrogens with zero attached hydrogens (tertiary/aromatic N) is 2. The van der Waals surface area contributed by atoms with Crippen molar-refractivity contribution in [1.82, 2.24) is 4.98 Å². The molecule has 0 aliphatic heterocycles. The number of nitrogens with one attached hydrogen (secondary N) is 2. The fraction of sp³-hybridized carbons (Fsp3) is 0.286. The molecule has 0 fully saturated rings. The second-order valence-corrected chi connectivity index (χ2v) is 5.59. The van der Waals surface area contributed by atoms with Gasteiger partial charge < -0.3 is 15.5 Å². The topological polar surface area (TPSA) is 57.3 Å². The third-order valence-corrected chi connectivity index (χ3v) is 3.64. The molecule has 0 aliphatic rings. The van der Waals surface area contributed by atoms with Gasteiger partial charge in [0.1, 0.15) is 5.82 Å². The summed E-state index contributed by atoms with van der Waals surface area (Å²) in [5, 5.41) is 8.10. The number of anilines is 3. The lowest BCUT2D eigenvalue weighted by atomic mass is 10.3. The highest BCUT2D eigenvalue weighted by Crippen LogP contribution is 2.23. The average molecular weight is 290 g/mol. The van der Waals surface area contributed by atoms with Gasteiger partial charge in [-0.15, -0.1) is 11.3 Å². The molecule has 2 heterocycles. The summed E-state index contributed by atoms with van der Waals surface area (Å²) in [5.74, 6) is 0.868. The lowest BCUT2D eigenvalue weighted by Gasteiger charge is -2.12. The molecule has 0 saturated heterocycles. The van der Waals surface area contributed by atoms with Crippen molar-refractivity contribution in [3.63, 3.8) is 0 Å². The van der Waals surface area contributed by atoms with E-state index in [0.29, 0.717) is 6.54 Å². The summed E-state index contributed by atoms with van der Waals surface area (Å²) in [6.07, 6.45) is 1.81. The molecule has 2 aromatic rings. The molecule has 0 atom stereocenters. The molecule has 2 aromatic heterocycles.